The van der Waals surface area contributed by atoms with Crippen molar-refractivity contribution >= 4 is 12.0 Å². The molecule has 2 amide bonds. The highest BCUT2D eigenvalue weighted by Crippen LogP contribution is 2.32. The summed E-state index contributed by atoms with van der Waals surface area (Å²) in [6.07, 6.45) is 5.44. The molecular weight excluding hydrogens is 260 g/mol. The molecule has 6 heteroatoms. The van der Waals surface area contributed by atoms with E-state index in [9.17, 15) is 9.59 Å². The van der Waals surface area contributed by atoms with Gasteiger partial charge < -0.3 is 19.6 Å². The zero-order chi connectivity index (χ0) is 14.1. The van der Waals surface area contributed by atoms with E-state index in [0.717, 1.165) is 32.1 Å². The van der Waals surface area contributed by atoms with Crippen molar-refractivity contribution in [3.05, 3.63) is 0 Å². The summed E-state index contributed by atoms with van der Waals surface area (Å²) in [6, 6.07) is 0.0336. The van der Waals surface area contributed by atoms with Crippen LogP contribution in [0.15, 0.2) is 0 Å². The summed E-state index contributed by atoms with van der Waals surface area (Å²) >= 11 is 0. The van der Waals surface area contributed by atoms with Gasteiger partial charge in [0.25, 0.3) is 0 Å². The number of hydrogen-bond donors (Lipinski definition) is 1. The van der Waals surface area contributed by atoms with Gasteiger partial charge >= 0.3 is 12.0 Å². The van der Waals surface area contributed by atoms with Crippen LogP contribution in [0.4, 0.5) is 4.79 Å². The summed E-state index contributed by atoms with van der Waals surface area (Å²) in [7, 11) is 0. The van der Waals surface area contributed by atoms with Gasteiger partial charge in [0.2, 0.25) is 0 Å². The minimum absolute atomic E-state index is 0.112. The molecule has 112 valence electrons. The summed E-state index contributed by atoms with van der Waals surface area (Å²) < 4.78 is 5.71. The van der Waals surface area contributed by atoms with Gasteiger partial charge in [-0.2, -0.15) is 0 Å². The molecule has 2 saturated carbocycles. The van der Waals surface area contributed by atoms with Crippen LogP contribution in [0.3, 0.4) is 0 Å². The Labute approximate surface area is 118 Å². The van der Waals surface area contributed by atoms with Crippen molar-refractivity contribution in [1.82, 2.24) is 9.80 Å². The number of hydrogen-bond acceptors (Lipinski definition) is 3. The maximum absolute atomic E-state index is 12.7. The number of amides is 2. The Morgan fingerprint density at radius 1 is 1.25 bits per heavy atom. The van der Waals surface area contributed by atoms with Crippen LogP contribution in [-0.4, -0.2) is 65.3 Å². The molecule has 3 aliphatic rings. The molecule has 1 N–H and O–H groups in total. The van der Waals surface area contributed by atoms with Gasteiger partial charge in [-0.25, -0.2) is 4.79 Å². The molecule has 1 heterocycles. The Bertz CT molecular complexity index is 397. The first kappa shape index (κ1) is 13.7. The number of rotatable bonds is 4. The number of carbonyl (C=O) groups is 2. The van der Waals surface area contributed by atoms with Crippen LogP contribution in [0.5, 0.6) is 0 Å². The lowest BCUT2D eigenvalue weighted by Gasteiger charge is -2.40. The zero-order valence-electron chi connectivity index (χ0n) is 11.7. The third-order valence-electron chi connectivity index (χ3n) is 4.50. The number of aliphatic carboxylic acids is 1. The fourth-order valence-electron chi connectivity index (χ4n) is 3.33. The predicted octanol–water partition coefficient (Wildman–Crippen LogP) is 1.16. The van der Waals surface area contributed by atoms with Gasteiger partial charge in [-0.1, -0.05) is 0 Å². The second kappa shape index (κ2) is 5.60. The van der Waals surface area contributed by atoms with Gasteiger partial charge in [0, 0.05) is 13.1 Å². The molecule has 0 spiro atoms. The number of morpholine rings is 1. The standard InChI is InChI=1S/C14H22N2O4/c17-13(18)9-15(8-10-4-5-10)14(19)16-6-7-20-12-3-1-2-11(12)16/h10-12H,1-9H2,(H,17,18). The number of urea groups is 1. The smallest absolute Gasteiger partial charge is 0.323 e. The molecule has 0 bridgehead atoms. The molecule has 3 fully saturated rings. The van der Waals surface area contributed by atoms with E-state index in [0.29, 0.717) is 25.6 Å². The van der Waals surface area contributed by atoms with Crippen LogP contribution < -0.4 is 0 Å². The summed E-state index contributed by atoms with van der Waals surface area (Å²) in [5.41, 5.74) is 0. The van der Waals surface area contributed by atoms with Crippen molar-refractivity contribution in [1.29, 1.82) is 0 Å². The van der Waals surface area contributed by atoms with Crippen LogP contribution in [-0.2, 0) is 9.53 Å². The third kappa shape index (κ3) is 2.90. The van der Waals surface area contributed by atoms with Gasteiger partial charge in [0.05, 0.1) is 18.8 Å². The van der Waals surface area contributed by atoms with Crippen LogP contribution in [0.2, 0.25) is 0 Å². The minimum atomic E-state index is -0.935. The van der Waals surface area contributed by atoms with Gasteiger partial charge in [-0.15, -0.1) is 0 Å². The van der Waals surface area contributed by atoms with Gasteiger partial charge in [0.15, 0.2) is 0 Å². The molecule has 0 aromatic rings. The highest BCUT2D eigenvalue weighted by molar-refractivity contribution is 5.80. The fourth-order valence-corrected chi connectivity index (χ4v) is 3.33. The number of ether oxygens (including phenoxy) is 1. The quantitative estimate of drug-likeness (QED) is 0.840. The maximum atomic E-state index is 12.7. The van der Waals surface area contributed by atoms with E-state index in [4.69, 9.17) is 9.84 Å². The first-order chi connectivity index (χ1) is 9.65. The molecule has 3 rings (SSSR count). The van der Waals surface area contributed by atoms with E-state index in [-0.39, 0.29) is 24.7 Å². The van der Waals surface area contributed by atoms with Gasteiger partial charge in [-0.05, 0) is 38.0 Å². The minimum Gasteiger partial charge on any atom is -0.480 e. The molecule has 6 nitrogen and oxygen atoms in total. The van der Waals surface area contributed by atoms with Crippen molar-refractivity contribution in [3.8, 4) is 0 Å². The Kier molecular flexibility index (Phi) is 3.83. The van der Waals surface area contributed by atoms with E-state index in [2.05, 4.69) is 0 Å². The lowest BCUT2D eigenvalue weighted by atomic mass is 10.1. The average Bonchev–Trinajstić information content (AvgIpc) is 3.10. The zero-order valence-corrected chi connectivity index (χ0v) is 11.7. The average molecular weight is 282 g/mol. The Morgan fingerprint density at radius 2 is 2.05 bits per heavy atom. The highest BCUT2D eigenvalue weighted by Gasteiger charge is 2.40. The maximum Gasteiger partial charge on any atom is 0.323 e. The summed E-state index contributed by atoms with van der Waals surface area (Å²) in [4.78, 5) is 27.0. The molecule has 2 aliphatic carbocycles. The molecule has 0 radical (unpaired) electrons. The SMILES string of the molecule is O=C(O)CN(CC1CC1)C(=O)N1CCOC2CCCC21. The molecule has 0 aromatic carbocycles. The summed E-state index contributed by atoms with van der Waals surface area (Å²) in [6.45, 7) is 1.54. The summed E-state index contributed by atoms with van der Waals surface area (Å²) in [5, 5.41) is 9.01. The fraction of sp³-hybridized carbons (Fsp3) is 0.857. The lowest BCUT2D eigenvalue weighted by Crippen LogP contribution is -2.56. The van der Waals surface area contributed by atoms with E-state index in [1.54, 1.807) is 0 Å². The Hall–Kier alpha value is -1.30. The van der Waals surface area contributed by atoms with Crippen molar-refractivity contribution < 1.29 is 19.4 Å². The largest absolute Gasteiger partial charge is 0.480 e. The van der Waals surface area contributed by atoms with Crippen LogP contribution in [0.1, 0.15) is 32.1 Å². The van der Waals surface area contributed by atoms with Crippen LogP contribution >= 0.6 is 0 Å². The molecule has 2 atom stereocenters. The van der Waals surface area contributed by atoms with Gasteiger partial charge in [-0.3, -0.25) is 4.79 Å². The van der Waals surface area contributed by atoms with E-state index < -0.39 is 5.97 Å². The molecule has 0 aromatic heterocycles. The van der Waals surface area contributed by atoms with Crippen molar-refractivity contribution in [2.75, 3.05) is 26.2 Å². The van der Waals surface area contributed by atoms with E-state index in [1.807, 2.05) is 4.90 Å². The van der Waals surface area contributed by atoms with E-state index in [1.165, 1.54) is 4.90 Å². The molecule has 20 heavy (non-hydrogen) atoms. The predicted molar refractivity (Wildman–Crippen MR) is 71.4 cm³/mol. The summed E-state index contributed by atoms with van der Waals surface area (Å²) in [5.74, 6) is -0.436. The topological polar surface area (TPSA) is 70.1 Å². The normalized spacial score (nSPS) is 29.1. The Balaban J connectivity index is 1.68. The number of fused-ring (bicyclic) bond motifs is 1. The number of carboxylic acid groups (broad SMARTS) is 1. The highest BCUT2D eigenvalue weighted by atomic mass is 16.5. The van der Waals surface area contributed by atoms with E-state index >= 15 is 0 Å². The van der Waals surface area contributed by atoms with Crippen LogP contribution in [0, 0.1) is 5.92 Å². The second-order valence-electron chi connectivity index (χ2n) is 6.10. The lowest BCUT2D eigenvalue weighted by molar-refractivity contribution is -0.138. The molecule has 1 aliphatic heterocycles. The number of carboxylic acids is 1. The Morgan fingerprint density at radius 3 is 2.75 bits per heavy atom. The first-order valence-electron chi connectivity index (χ1n) is 7.54. The van der Waals surface area contributed by atoms with Crippen LogP contribution in [0.25, 0.3) is 0 Å². The molecular formula is C14H22N2O4. The van der Waals surface area contributed by atoms with Crippen molar-refractivity contribution in [3.63, 3.8) is 0 Å². The van der Waals surface area contributed by atoms with Gasteiger partial charge in [0.1, 0.15) is 6.54 Å². The number of nitrogens with zero attached hydrogens (tertiary/aromatic N) is 2. The van der Waals surface area contributed by atoms with Crippen molar-refractivity contribution in [2.45, 2.75) is 44.2 Å². The van der Waals surface area contributed by atoms with Crippen molar-refractivity contribution in [2.24, 2.45) is 5.92 Å². The molecule has 2 unspecified atom stereocenters. The number of carbonyl (C=O) groups excluding carboxylic acids is 1. The molecule has 1 saturated heterocycles. The third-order valence-corrected chi connectivity index (χ3v) is 4.50. The first-order valence-corrected chi connectivity index (χ1v) is 7.54. The second-order valence-corrected chi connectivity index (χ2v) is 6.10. The monoisotopic (exact) mass is 282 g/mol.